The summed E-state index contributed by atoms with van der Waals surface area (Å²) >= 11 is 10.3. The Kier molecular flexibility index (Phi) is 3.79. The van der Waals surface area contributed by atoms with Gasteiger partial charge in [0.1, 0.15) is 11.4 Å². The Labute approximate surface area is 139 Å². The highest BCUT2D eigenvalue weighted by molar-refractivity contribution is 9.10. The molecule has 110 valence electrons. The minimum absolute atomic E-state index is 0.117. The molecule has 21 heavy (non-hydrogen) atoms. The molecule has 0 saturated heterocycles. The highest BCUT2D eigenvalue weighted by Gasteiger charge is 2.30. The molecule has 0 radical (unpaired) electrons. The molecular weight excluding hydrogens is 348 g/mol. The van der Waals surface area contributed by atoms with E-state index >= 15 is 0 Å². The zero-order valence-corrected chi connectivity index (χ0v) is 14.8. The van der Waals surface area contributed by atoms with E-state index in [1.54, 1.807) is 0 Å². The van der Waals surface area contributed by atoms with Gasteiger partial charge in [-0.15, -0.1) is 11.6 Å². The van der Waals surface area contributed by atoms with Crippen LogP contribution in [0.3, 0.4) is 0 Å². The van der Waals surface area contributed by atoms with Crippen molar-refractivity contribution < 1.29 is 4.74 Å². The number of hydrogen-bond acceptors (Lipinski definition) is 1. The second kappa shape index (κ2) is 5.33. The predicted molar refractivity (Wildman–Crippen MR) is 91.4 cm³/mol. The maximum Gasteiger partial charge on any atom is 0.123 e. The van der Waals surface area contributed by atoms with Crippen molar-refractivity contribution in [3.8, 4) is 5.75 Å². The third-order valence-electron chi connectivity index (χ3n) is 3.96. The van der Waals surface area contributed by atoms with Crippen molar-refractivity contribution in [2.45, 2.75) is 38.2 Å². The zero-order chi connectivity index (χ0) is 15.2. The zero-order valence-electron chi connectivity index (χ0n) is 12.4. The third kappa shape index (κ3) is 2.84. The summed E-state index contributed by atoms with van der Waals surface area (Å²) < 4.78 is 7.02. The molecule has 0 aliphatic carbocycles. The average molecular weight is 366 g/mol. The van der Waals surface area contributed by atoms with Crippen LogP contribution in [-0.2, 0) is 6.42 Å². The summed E-state index contributed by atoms with van der Waals surface area (Å²) in [5.41, 5.74) is 4.58. The lowest BCUT2D eigenvalue weighted by atomic mass is 9.96. The Morgan fingerprint density at radius 2 is 2.00 bits per heavy atom. The predicted octanol–water partition coefficient (Wildman–Crippen LogP) is 5.80. The molecule has 1 aliphatic heterocycles. The lowest BCUT2D eigenvalue weighted by molar-refractivity contribution is 0.138. The van der Waals surface area contributed by atoms with E-state index in [4.69, 9.17) is 16.3 Å². The van der Waals surface area contributed by atoms with Crippen molar-refractivity contribution in [2.24, 2.45) is 0 Å². The molecule has 1 atom stereocenters. The molecule has 2 aromatic rings. The van der Waals surface area contributed by atoms with E-state index in [-0.39, 0.29) is 11.0 Å². The molecule has 3 heteroatoms. The summed E-state index contributed by atoms with van der Waals surface area (Å²) in [5.74, 6) is 0.985. The Bertz CT molecular complexity index is 694. The number of halogens is 2. The summed E-state index contributed by atoms with van der Waals surface area (Å²) in [4.78, 5) is 0. The minimum Gasteiger partial charge on any atom is -0.487 e. The van der Waals surface area contributed by atoms with Crippen LogP contribution in [0.1, 0.15) is 41.5 Å². The van der Waals surface area contributed by atoms with Gasteiger partial charge in [-0.1, -0.05) is 40.2 Å². The molecule has 2 aromatic carbocycles. The molecule has 1 heterocycles. The third-order valence-corrected chi connectivity index (χ3v) is 5.31. The number of rotatable bonds is 2. The topological polar surface area (TPSA) is 9.23 Å². The first-order valence-corrected chi connectivity index (χ1v) is 8.31. The quantitative estimate of drug-likeness (QED) is 0.611. The number of hydrogen-bond donors (Lipinski definition) is 0. The second-order valence-electron chi connectivity index (χ2n) is 6.22. The standard InChI is InChI=1S/C18H18BrClO/c1-11-14(5-4-6-15(11)19)17(20)12-7-8-16-13(9-12)10-18(2,3)21-16/h4-9,17H,10H2,1-3H3. The molecule has 0 spiro atoms. The van der Waals surface area contributed by atoms with Crippen LogP contribution in [0, 0.1) is 6.92 Å². The molecule has 1 nitrogen and oxygen atoms in total. The Morgan fingerprint density at radius 1 is 1.24 bits per heavy atom. The lowest BCUT2D eigenvalue weighted by Crippen LogP contribution is -2.24. The summed E-state index contributed by atoms with van der Waals surface area (Å²) in [7, 11) is 0. The first kappa shape index (κ1) is 14.9. The van der Waals surface area contributed by atoms with Gasteiger partial charge in [0.15, 0.2) is 0 Å². The number of alkyl halides is 1. The fourth-order valence-corrected chi connectivity index (χ4v) is 3.62. The smallest absolute Gasteiger partial charge is 0.123 e. The van der Waals surface area contributed by atoms with E-state index in [1.165, 1.54) is 11.1 Å². The molecule has 0 aromatic heterocycles. The summed E-state index contributed by atoms with van der Waals surface area (Å²) in [6, 6.07) is 12.5. The largest absolute Gasteiger partial charge is 0.487 e. The number of ether oxygens (including phenoxy) is 1. The van der Waals surface area contributed by atoms with Gasteiger partial charge in [-0.25, -0.2) is 0 Å². The normalized spacial score (nSPS) is 17.2. The molecule has 1 unspecified atom stereocenters. The van der Waals surface area contributed by atoms with Crippen LogP contribution in [-0.4, -0.2) is 5.60 Å². The molecule has 1 aliphatic rings. The van der Waals surface area contributed by atoms with Crippen molar-refractivity contribution in [2.75, 3.05) is 0 Å². The highest BCUT2D eigenvalue weighted by atomic mass is 79.9. The van der Waals surface area contributed by atoms with Gasteiger partial charge in [0.05, 0.1) is 5.38 Å². The Balaban J connectivity index is 1.97. The average Bonchev–Trinajstić information content (AvgIpc) is 2.73. The Hall–Kier alpha value is -0.990. The number of benzene rings is 2. The first-order chi connectivity index (χ1) is 9.87. The maximum absolute atomic E-state index is 6.72. The van der Waals surface area contributed by atoms with Crippen molar-refractivity contribution >= 4 is 27.5 Å². The van der Waals surface area contributed by atoms with Crippen LogP contribution in [0.25, 0.3) is 0 Å². The SMILES string of the molecule is Cc1c(Br)cccc1C(Cl)c1ccc2c(c1)CC(C)(C)O2. The van der Waals surface area contributed by atoms with Gasteiger partial charge in [0.25, 0.3) is 0 Å². The van der Waals surface area contributed by atoms with Gasteiger partial charge in [0.2, 0.25) is 0 Å². The van der Waals surface area contributed by atoms with Crippen LogP contribution in [0.2, 0.25) is 0 Å². The molecule has 0 bridgehead atoms. The van der Waals surface area contributed by atoms with Crippen LogP contribution in [0.4, 0.5) is 0 Å². The van der Waals surface area contributed by atoms with Crippen molar-refractivity contribution in [3.63, 3.8) is 0 Å². The molecule has 0 fully saturated rings. The van der Waals surface area contributed by atoms with Gasteiger partial charge in [0, 0.05) is 10.9 Å². The monoisotopic (exact) mass is 364 g/mol. The first-order valence-electron chi connectivity index (χ1n) is 7.08. The van der Waals surface area contributed by atoms with Gasteiger partial charge in [-0.3, -0.25) is 0 Å². The summed E-state index contributed by atoms with van der Waals surface area (Å²) in [6.07, 6.45) is 0.928. The van der Waals surface area contributed by atoms with Crippen LogP contribution < -0.4 is 4.74 Å². The van der Waals surface area contributed by atoms with Crippen LogP contribution in [0.5, 0.6) is 5.75 Å². The van der Waals surface area contributed by atoms with Crippen molar-refractivity contribution in [3.05, 3.63) is 63.1 Å². The van der Waals surface area contributed by atoms with Gasteiger partial charge in [-0.2, -0.15) is 0 Å². The van der Waals surface area contributed by atoms with E-state index < -0.39 is 0 Å². The number of fused-ring (bicyclic) bond motifs is 1. The van der Waals surface area contributed by atoms with E-state index in [9.17, 15) is 0 Å². The second-order valence-corrected chi connectivity index (χ2v) is 7.51. The molecule has 3 rings (SSSR count). The van der Waals surface area contributed by atoms with E-state index in [0.29, 0.717) is 0 Å². The fourth-order valence-electron chi connectivity index (χ4n) is 2.87. The molecule has 0 amide bonds. The summed E-state index contributed by atoms with van der Waals surface area (Å²) in [6.45, 7) is 6.32. The lowest BCUT2D eigenvalue weighted by Gasteiger charge is -2.16. The van der Waals surface area contributed by atoms with Crippen molar-refractivity contribution in [1.82, 2.24) is 0 Å². The Morgan fingerprint density at radius 3 is 2.76 bits per heavy atom. The van der Waals surface area contributed by atoms with Gasteiger partial charge >= 0.3 is 0 Å². The fraction of sp³-hybridized carbons (Fsp3) is 0.333. The maximum atomic E-state index is 6.72. The summed E-state index contributed by atoms with van der Waals surface area (Å²) in [5, 5.41) is -0.142. The van der Waals surface area contributed by atoms with E-state index in [0.717, 1.165) is 27.8 Å². The van der Waals surface area contributed by atoms with Crippen LogP contribution >= 0.6 is 27.5 Å². The van der Waals surface area contributed by atoms with Gasteiger partial charge in [-0.05, 0) is 55.2 Å². The van der Waals surface area contributed by atoms with Crippen LogP contribution in [0.15, 0.2) is 40.9 Å². The van der Waals surface area contributed by atoms with E-state index in [2.05, 4.69) is 54.9 Å². The molecular formula is C18H18BrClO. The molecule has 0 N–H and O–H groups in total. The van der Waals surface area contributed by atoms with E-state index in [1.807, 2.05) is 18.2 Å². The molecule has 0 saturated carbocycles. The van der Waals surface area contributed by atoms with Crippen molar-refractivity contribution in [1.29, 1.82) is 0 Å². The minimum atomic E-state index is -0.142. The van der Waals surface area contributed by atoms with Gasteiger partial charge < -0.3 is 4.74 Å². The highest BCUT2D eigenvalue weighted by Crippen LogP contribution is 2.39.